The van der Waals surface area contributed by atoms with Crippen molar-refractivity contribution in [2.75, 3.05) is 11.9 Å². The van der Waals surface area contributed by atoms with Crippen molar-refractivity contribution < 1.29 is 24.5 Å². The van der Waals surface area contributed by atoms with Crippen molar-refractivity contribution in [2.45, 2.75) is 31.1 Å². The summed E-state index contributed by atoms with van der Waals surface area (Å²) in [4.78, 5) is 25.9. The average molecular weight is 586 g/mol. The Morgan fingerprint density at radius 1 is 0.886 bits per heavy atom. The van der Waals surface area contributed by atoms with Crippen LogP contribution in [0.4, 0.5) is 5.82 Å². The number of imidazole rings is 1. The molecule has 3 N–H and O–H groups in total. The van der Waals surface area contributed by atoms with Crippen molar-refractivity contribution >= 4 is 55.2 Å². The molecule has 4 atom stereocenters. The van der Waals surface area contributed by atoms with Crippen LogP contribution in [0.25, 0.3) is 43.5 Å². The molecule has 0 bridgehead atoms. The lowest BCUT2D eigenvalue weighted by atomic mass is 9.92. The summed E-state index contributed by atoms with van der Waals surface area (Å²) in [5.41, 5.74) is 2.19. The maximum Gasteiger partial charge on any atom is 0.256 e. The molecule has 218 valence electrons. The van der Waals surface area contributed by atoms with E-state index in [2.05, 4.69) is 68.8 Å². The standard InChI is InChI=1S/C34H27N5O5/c40-15-25-29(41)30(43-16-23-12-11-21-10-9-19-7-4-8-20-13-14-24(23)27(21)26(19)20)34(44-25)39-18-37-28-31(35-17-36-32(28)39)38-33(42)22-5-2-1-3-6-22/h1-14,17-18,25,29-30,34,40-41H,15-16H2,(H,35,36,38,42)/t25-,29?,30?,34-/m1/s1. The highest BCUT2D eigenvalue weighted by molar-refractivity contribution is 6.23. The molecule has 1 saturated heterocycles. The Morgan fingerprint density at radius 2 is 1.64 bits per heavy atom. The van der Waals surface area contributed by atoms with E-state index in [1.165, 1.54) is 34.2 Å². The van der Waals surface area contributed by atoms with Gasteiger partial charge in [0.15, 0.2) is 23.2 Å². The number of nitrogens with one attached hydrogen (secondary N) is 1. The predicted molar refractivity (Wildman–Crippen MR) is 165 cm³/mol. The maximum atomic E-state index is 12.8. The smallest absolute Gasteiger partial charge is 0.256 e. The quantitative estimate of drug-likeness (QED) is 0.227. The second-order valence-electron chi connectivity index (χ2n) is 11.0. The van der Waals surface area contributed by atoms with Crippen LogP contribution in [-0.2, 0) is 16.1 Å². The van der Waals surface area contributed by atoms with E-state index in [0.717, 1.165) is 16.3 Å². The molecular weight excluding hydrogens is 558 g/mol. The molecule has 1 aliphatic rings. The first-order valence-electron chi connectivity index (χ1n) is 14.4. The molecule has 2 aromatic heterocycles. The first-order chi connectivity index (χ1) is 21.6. The first-order valence-corrected chi connectivity index (χ1v) is 14.4. The summed E-state index contributed by atoms with van der Waals surface area (Å²) < 4.78 is 14.2. The Hall–Kier alpha value is -5.00. The van der Waals surface area contributed by atoms with Gasteiger partial charge in [0.05, 0.1) is 19.5 Å². The number of benzene rings is 5. The Kier molecular flexibility index (Phi) is 6.42. The lowest BCUT2D eigenvalue weighted by Crippen LogP contribution is -2.35. The average Bonchev–Trinajstić information content (AvgIpc) is 3.64. The van der Waals surface area contributed by atoms with E-state index in [1.807, 2.05) is 12.1 Å². The van der Waals surface area contributed by atoms with Crippen molar-refractivity contribution in [3.8, 4) is 0 Å². The number of hydrogen-bond donors (Lipinski definition) is 3. The maximum absolute atomic E-state index is 12.8. The number of amides is 1. The Labute approximate surface area is 250 Å². The minimum Gasteiger partial charge on any atom is -0.394 e. The van der Waals surface area contributed by atoms with Crippen molar-refractivity contribution in [2.24, 2.45) is 0 Å². The second-order valence-corrected chi connectivity index (χ2v) is 11.0. The third kappa shape index (κ3) is 4.27. The van der Waals surface area contributed by atoms with Gasteiger partial charge in [0.1, 0.15) is 24.6 Å². The van der Waals surface area contributed by atoms with Gasteiger partial charge >= 0.3 is 0 Å². The van der Waals surface area contributed by atoms with Crippen molar-refractivity contribution in [3.63, 3.8) is 0 Å². The number of nitrogens with zero attached hydrogens (tertiary/aromatic N) is 4. The summed E-state index contributed by atoms with van der Waals surface area (Å²) in [6.07, 6.45) is -0.832. The van der Waals surface area contributed by atoms with E-state index < -0.39 is 31.1 Å². The van der Waals surface area contributed by atoms with Gasteiger partial charge in [-0.05, 0) is 50.0 Å². The summed E-state index contributed by atoms with van der Waals surface area (Å²) in [7, 11) is 0. The third-order valence-electron chi connectivity index (χ3n) is 8.44. The number of aromatic nitrogens is 4. The SMILES string of the molecule is O=C(Nc1ncnc2c1ncn2[C@@H]1O[C@H](CO)C(O)C1OCc1ccc2ccc3cccc4ccc1c2c34)c1ccccc1. The Morgan fingerprint density at radius 3 is 2.43 bits per heavy atom. The van der Waals surface area contributed by atoms with Gasteiger partial charge in [-0.15, -0.1) is 0 Å². The van der Waals surface area contributed by atoms with Gasteiger partial charge in [0.25, 0.3) is 5.91 Å². The number of fused-ring (bicyclic) bond motifs is 1. The second kappa shape index (κ2) is 10.6. The van der Waals surface area contributed by atoms with Crippen LogP contribution < -0.4 is 5.32 Å². The molecule has 0 aliphatic carbocycles. The zero-order chi connectivity index (χ0) is 29.8. The van der Waals surface area contributed by atoms with Crippen LogP contribution in [0.3, 0.4) is 0 Å². The minimum absolute atomic E-state index is 0.202. The minimum atomic E-state index is -1.11. The summed E-state index contributed by atoms with van der Waals surface area (Å²) in [5, 5.41) is 30.9. The lowest BCUT2D eigenvalue weighted by molar-refractivity contribution is -0.0758. The molecule has 2 unspecified atom stereocenters. The van der Waals surface area contributed by atoms with Crippen LogP contribution in [0.5, 0.6) is 0 Å². The van der Waals surface area contributed by atoms with Gasteiger partial charge in [-0.25, -0.2) is 15.0 Å². The van der Waals surface area contributed by atoms with E-state index in [-0.39, 0.29) is 18.3 Å². The molecule has 1 amide bonds. The highest BCUT2D eigenvalue weighted by Crippen LogP contribution is 2.38. The monoisotopic (exact) mass is 585 g/mol. The van der Waals surface area contributed by atoms with E-state index in [0.29, 0.717) is 16.7 Å². The molecule has 10 nitrogen and oxygen atoms in total. The number of rotatable bonds is 7. The molecule has 3 heterocycles. The number of anilines is 1. The van der Waals surface area contributed by atoms with E-state index in [1.54, 1.807) is 28.8 Å². The van der Waals surface area contributed by atoms with E-state index in [9.17, 15) is 15.0 Å². The van der Waals surface area contributed by atoms with Crippen LogP contribution >= 0.6 is 0 Å². The van der Waals surface area contributed by atoms with Crippen LogP contribution in [0.2, 0.25) is 0 Å². The van der Waals surface area contributed by atoms with Gasteiger partial charge in [-0.2, -0.15) is 0 Å². The highest BCUT2D eigenvalue weighted by Gasteiger charge is 2.46. The molecule has 44 heavy (non-hydrogen) atoms. The predicted octanol–water partition coefficient (Wildman–Crippen LogP) is 4.81. The number of ether oxygens (including phenoxy) is 2. The molecular formula is C34H27N5O5. The molecule has 5 aromatic carbocycles. The summed E-state index contributed by atoms with van der Waals surface area (Å²) in [6, 6.07) is 27.8. The van der Waals surface area contributed by atoms with Crippen molar-refractivity contribution in [1.29, 1.82) is 0 Å². The molecule has 7 aromatic rings. The number of carbonyl (C=O) groups excluding carboxylic acids is 1. The summed E-state index contributed by atoms with van der Waals surface area (Å²) in [5.74, 6) is -0.0893. The number of aliphatic hydroxyl groups is 2. The zero-order valence-corrected chi connectivity index (χ0v) is 23.4. The largest absolute Gasteiger partial charge is 0.394 e. The molecule has 8 rings (SSSR count). The fourth-order valence-electron chi connectivity index (χ4n) is 6.28. The molecule has 0 saturated carbocycles. The third-order valence-corrected chi connectivity index (χ3v) is 8.44. The Balaban J connectivity index is 1.12. The summed E-state index contributed by atoms with van der Waals surface area (Å²) >= 11 is 0. The van der Waals surface area contributed by atoms with E-state index in [4.69, 9.17) is 9.47 Å². The molecule has 1 fully saturated rings. The molecule has 0 spiro atoms. The number of carbonyl (C=O) groups is 1. The normalized spacial score (nSPS) is 20.3. The van der Waals surface area contributed by atoms with Crippen molar-refractivity contribution in [3.05, 3.63) is 109 Å². The molecule has 0 radical (unpaired) electrons. The fourth-order valence-corrected chi connectivity index (χ4v) is 6.28. The van der Waals surface area contributed by atoms with Crippen LogP contribution in [0.15, 0.2) is 97.6 Å². The fraction of sp³-hybridized carbons (Fsp3) is 0.176. The van der Waals surface area contributed by atoms with Crippen molar-refractivity contribution in [1.82, 2.24) is 19.5 Å². The number of aliphatic hydroxyl groups excluding tert-OH is 2. The van der Waals surface area contributed by atoms with Crippen LogP contribution in [-0.4, -0.2) is 60.6 Å². The molecule has 1 aliphatic heterocycles. The van der Waals surface area contributed by atoms with E-state index >= 15 is 0 Å². The highest BCUT2D eigenvalue weighted by atomic mass is 16.6. The zero-order valence-electron chi connectivity index (χ0n) is 23.4. The van der Waals surface area contributed by atoms with Crippen LogP contribution in [0, 0.1) is 0 Å². The van der Waals surface area contributed by atoms with Gasteiger partial charge in [-0.3, -0.25) is 9.36 Å². The topological polar surface area (TPSA) is 132 Å². The number of hydrogen-bond acceptors (Lipinski definition) is 8. The van der Waals surface area contributed by atoms with Gasteiger partial charge in [0.2, 0.25) is 0 Å². The molecule has 10 heteroatoms. The first kappa shape index (κ1) is 26.6. The van der Waals surface area contributed by atoms with Gasteiger partial charge in [-0.1, -0.05) is 72.8 Å². The van der Waals surface area contributed by atoms with Crippen LogP contribution in [0.1, 0.15) is 22.1 Å². The lowest BCUT2D eigenvalue weighted by Gasteiger charge is -2.23. The van der Waals surface area contributed by atoms with Gasteiger partial charge < -0.3 is 25.0 Å². The Bertz CT molecular complexity index is 2130. The summed E-state index contributed by atoms with van der Waals surface area (Å²) in [6.45, 7) is -0.190. The van der Waals surface area contributed by atoms with Gasteiger partial charge in [0, 0.05) is 5.56 Å².